The highest BCUT2D eigenvalue weighted by atomic mass is 32.1. The van der Waals surface area contributed by atoms with Crippen molar-refractivity contribution in [2.75, 3.05) is 19.7 Å². The number of halogens is 3. The zero-order valence-corrected chi connectivity index (χ0v) is 24.5. The van der Waals surface area contributed by atoms with Crippen LogP contribution in [0.5, 0.6) is 0 Å². The number of nitrogens with zero attached hydrogens (tertiary/aromatic N) is 6. The summed E-state index contributed by atoms with van der Waals surface area (Å²) in [6.07, 6.45) is 2.35. The maximum atomic E-state index is 14.3. The molecule has 2 fully saturated rings. The summed E-state index contributed by atoms with van der Waals surface area (Å²) in [4.78, 5) is 15.8. The second-order valence-electron chi connectivity index (χ2n) is 12.0. The summed E-state index contributed by atoms with van der Waals surface area (Å²) in [6.45, 7) is 4.03. The van der Waals surface area contributed by atoms with Crippen LogP contribution in [0.4, 0.5) is 13.2 Å². The molecule has 6 rings (SSSR count). The summed E-state index contributed by atoms with van der Waals surface area (Å²) < 4.78 is 47.2. The van der Waals surface area contributed by atoms with Gasteiger partial charge in [0.15, 0.2) is 0 Å². The van der Waals surface area contributed by atoms with Gasteiger partial charge in [-0.05, 0) is 72.9 Å². The largest absolute Gasteiger partial charge is 0.418 e. The number of alkyl halides is 3. The summed E-state index contributed by atoms with van der Waals surface area (Å²) in [6, 6.07) is 8.51. The van der Waals surface area contributed by atoms with Gasteiger partial charge in [0.05, 0.1) is 16.8 Å². The van der Waals surface area contributed by atoms with Crippen molar-refractivity contribution in [3.63, 3.8) is 0 Å². The van der Waals surface area contributed by atoms with Crippen molar-refractivity contribution < 1.29 is 18.3 Å². The molecule has 8 nitrogen and oxygen atoms in total. The third kappa shape index (κ3) is 5.40. The number of aliphatic hydroxyl groups excluding tert-OH is 1. The number of hydrogen-bond donors (Lipinski definition) is 2. The molecule has 1 aromatic carbocycles. The number of aliphatic hydroxyl groups is 1. The maximum Gasteiger partial charge on any atom is 0.418 e. The van der Waals surface area contributed by atoms with Crippen LogP contribution < -0.4 is 5.69 Å². The molecule has 1 saturated heterocycles. The predicted octanol–water partition coefficient (Wildman–Crippen LogP) is 4.53. The maximum absolute atomic E-state index is 14.3. The Morgan fingerprint density at radius 3 is 2.64 bits per heavy atom. The first-order valence-corrected chi connectivity index (χ1v) is 14.8. The minimum Gasteiger partial charge on any atom is -0.396 e. The minimum atomic E-state index is -4.63. The van der Waals surface area contributed by atoms with Gasteiger partial charge in [0.25, 0.3) is 0 Å². The molecule has 1 saturated carbocycles. The lowest BCUT2D eigenvalue weighted by atomic mass is 9.66. The topological polar surface area (TPSA) is 80.6 Å². The van der Waals surface area contributed by atoms with Crippen LogP contribution in [-0.2, 0) is 19.8 Å². The molecule has 0 radical (unpaired) electrons. The van der Waals surface area contributed by atoms with Gasteiger partial charge >= 0.3 is 11.9 Å². The molecule has 4 heterocycles. The first kappa shape index (κ1) is 29.0. The van der Waals surface area contributed by atoms with Crippen molar-refractivity contribution >= 4 is 18.1 Å². The van der Waals surface area contributed by atoms with E-state index < -0.39 is 17.4 Å². The SMILES string of the molecule is C[C@@H]1CN(Cc2cc(C(F)(F)F)c3cn(-c4cccc([C@H](c5nncn5C)C5CC(CO)C5)c4)c(=O)n3c2)CCC1S. The third-order valence-electron chi connectivity index (χ3n) is 9.01. The Kier molecular flexibility index (Phi) is 7.73. The molecule has 3 atom stereocenters. The van der Waals surface area contributed by atoms with Crippen molar-refractivity contribution in [2.45, 2.75) is 50.1 Å². The van der Waals surface area contributed by atoms with E-state index in [0.29, 0.717) is 23.7 Å². The van der Waals surface area contributed by atoms with Crippen LogP contribution in [0.1, 0.15) is 54.6 Å². The van der Waals surface area contributed by atoms with E-state index in [1.54, 1.807) is 12.4 Å². The van der Waals surface area contributed by atoms with Crippen molar-refractivity contribution in [3.8, 4) is 5.69 Å². The van der Waals surface area contributed by atoms with E-state index in [1.165, 1.54) is 23.0 Å². The summed E-state index contributed by atoms with van der Waals surface area (Å²) in [5.41, 5.74) is 0.246. The van der Waals surface area contributed by atoms with Crippen LogP contribution >= 0.6 is 12.6 Å². The highest BCUT2D eigenvalue weighted by molar-refractivity contribution is 7.81. The van der Waals surface area contributed by atoms with Gasteiger partial charge in [0, 0.05) is 50.3 Å². The fraction of sp³-hybridized carbons (Fsp3) is 0.500. The Morgan fingerprint density at radius 2 is 1.98 bits per heavy atom. The zero-order valence-electron chi connectivity index (χ0n) is 23.6. The molecule has 12 heteroatoms. The zero-order chi connectivity index (χ0) is 29.8. The highest BCUT2D eigenvalue weighted by Gasteiger charge is 2.39. The van der Waals surface area contributed by atoms with Crippen LogP contribution in [0.3, 0.4) is 0 Å². The minimum absolute atomic E-state index is 0.130. The standard InChI is InChI=1S/C30H35F3N6O2S/c1-18-12-37(7-6-26(18)42)13-20-10-24(30(31,32)33)25-15-38(29(41)39(25)14-20)23-5-3-4-21(11-23)27(22-8-19(9-22)16-40)28-35-34-17-36(28)2/h3-5,10-11,14-15,17-19,22,26-27,40,42H,6-9,12-13,16H2,1-2H3/t18-,19?,22?,26?,27+/m1/s1. The summed E-state index contributed by atoms with van der Waals surface area (Å²) in [7, 11) is 1.87. The molecule has 0 amide bonds. The Labute approximate surface area is 247 Å². The Bertz CT molecular complexity index is 1640. The van der Waals surface area contributed by atoms with Crippen LogP contribution in [0.25, 0.3) is 11.2 Å². The molecule has 0 bridgehead atoms. The molecular formula is C30H35F3N6O2S. The fourth-order valence-corrected chi connectivity index (χ4v) is 6.86. The number of benzene rings is 1. The third-order valence-corrected chi connectivity index (χ3v) is 9.78. The van der Waals surface area contributed by atoms with Gasteiger partial charge in [-0.15, -0.1) is 10.2 Å². The average molecular weight is 601 g/mol. The van der Waals surface area contributed by atoms with Gasteiger partial charge in [-0.1, -0.05) is 19.1 Å². The van der Waals surface area contributed by atoms with Crippen molar-refractivity contribution in [1.29, 1.82) is 0 Å². The van der Waals surface area contributed by atoms with E-state index in [-0.39, 0.29) is 35.1 Å². The number of thiol groups is 1. The molecule has 1 unspecified atom stereocenters. The second-order valence-corrected chi connectivity index (χ2v) is 12.7. The molecule has 0 spiro atoms. The number of hydrogen-bond acceptors (Lipinski definition) is 6. The molecule has 224 valence electrons. The summed E-state index contributed by atoms with van der Waals surface area (Å²) in [5, 5.41) is 18.3. The number of aromatic nitrogens is 5. The lowest BCUT2D eigenvalue weighted by molar-refractivity contribution is -0.136. The van der Waals surface area contributed by atoms with Gasteiger partial charge in [-0.25, -0.2) is 4.79 Å². The van der Waals surface area contributed by atoms with Gasteiger partial charge in [0.2, 0.25) is 0 Å². The van der Waals surface area contributed by atoms with Crippen molar-refractivity contribution in [1.82, 2.24) is 28.6 Å². The van der Waals surface area contributed by atoms with Gasteiger partial charge in [0.1, 0.15) is 12.2 Å². The van der Waals surface area contributed by atoms with Crippen molar-refractivity contribution in [2.24, 2.45) is 24.8 Å². The van der Waals surface area contributed by atoms with E-state index in [2.05, 4.69) is 34.6 Å². The molecule has 1 aliphatic heterocycles. The van der Waals surface area contributed by atoms with E-state index in [0.717, 1.165) is 48.1 Å². The summed E-state index contributed by atoms with van der Waals surface area (Å²) >= 11 is 4.61. The molecule has 1 aliphatic carbocycles. The Hall–Kier alpha value is -3.09. The van der Waals surface area contributed by atoms with E-state index in [9.17, 15) is 23.1 Å². The number of pyridine rings is 1. The predicted molar refractivity (Wildman–Crippen MR) is 156 cm³/mol. The van der Waals surface area contributed by atoms with Crippen LogP contribution in [-0.4, -0.2) is 58.7 Å². The van der Waals surface area contributed by atoms with Crippen LogP contribution in [0, 0.1) is 17.8 Å². The number of piperidine rings is 1. The smallest absolute Gasteiger partial charge is 0.396 e. The molecule has 2 aliphatic rings. The highest BCUT2D eigenvalue weighted by Crippen LogP contribution is 2.46. The van der Waals surface area contributed by atoms with E-state index in [4.69, 9.17) is 0 Å². The molecule has 1 N–H and O–H groups in total. The van der Waals surface area contributed by atoms with Gasteiger partial charge in [-0.3, -0.25) is 13.9 Å². The lowest BCUT2D eigenvalue weighted by Gasteiger charge is -2.39. The van der Waals surface area contributed by atoms with Crippen molar-refractivity contribution in [3.05, 3.63) is 82.1 Å². The number of imidazole rings is 1. The quantitative estimate of drug-likeness (QED) is 0.305. The lowest BCUT2D eigenvalue weighted by Crippen LogP contribution is -2.39. The normalized spacial score (nSPS) is 24.2. The van der Waals surface area contributed by atoms with Crippen LogP contribution in [0.15, 0.2) is 53.8 Å². The Balaban J connectivity index is 1.39. The monoisotopic (exact) mass is 600 g/mol. The van der Waals surface area contributed by atoms with Gasteiger partial charge < -0.3 is 9.67 Å². The first-order valence-electron chi connectivity index (χ1n) is 14.3. The number of aryl methyl sites for hydroxylation is 1. The fourth-order valence-electron chi connectivity index (χ4n) is 6.65. The van der Waals surface area contributed by atoms with Gasteiger partial charge in [-0.2, -0.15) is 25.8 Å². The molecular weight excluding hydrogens is 565 g/mol. The molecule has 42 heavy (non-hydrogen) atoms. The Morgan fingerprint density at radius 1 is 1.19 bits per heavy atom. The number of fused-ring (bicyclic) bond motifs is 1. The van der Waals surface area contributed by atoms with E-state index >= 15 is 0 Å². The average Bonchev–Trinajstić information content (AvgIpc) is 3.50. The second kappa shape index (κ2) is 11.2. The first-order chi connectivity index (χ1) is 20.0. The molecule has 4 aromatic rings. The van der Waals surface area contributed by atoms with E-state index in [1.807, 2.05) is 29.8 Å². The number of likely N-dealkylation sites (tertiary alicyclic amines) is 1. The molecule has 3 aromatic heterocycles. The number of rotatable bonds is 7. The summed E-state index contributed by atoms with van der Waals surface area (Å²) in [5.74, 6) is 1.41. The van der Waals surface area contributed by atoms with Crippen LogP contribution in [0.2, 0.25) is 0 Å².